The van der Waals surface area contributed by atoms with Crippen molar-refractivity contribution in [2.75, 3.05) is 19.8 Å². The molecule has 0 unspecified atom stereocenters. The van der Waals surface area contributed by atoms with E-state index in [1.165, 1.54) is 6.92 Å². The third-order valence-electron chi connectivity index (χ3n) is 7.81. The van der Waals surface area contributed by atoms with Crippen LogP contribution in [0.15, 0.2) is 4.99 Å². The minimum absolute atomic E-state index is 0.140. The number of amides is 8. The molecular formula is C30H54N12O12. The van der Waals surface area contributed by atoms with Crippen LogP contribution < -0.4 is 60.6 Å². The van der Waals surface area contributed by atoms with Gasteiger partial charge in [0.1, 0.15) is 36.3 Å². The number of aliphatic carboxylic acids is 1. The van der Waals surface area contributed by atoms with Gasteiger partial charge in [-0.25, -0.2) is 4.79 Å². The average molecular weight is 775 g/mol. The number of rotatable bonds is 26. The first kappa shape index (κ1) is 48.4. The summed E-state index contributed by atoms with van der Waals surface area (Å²) >= 11 is 0. The highest BCUT2D eigenvalue weighted by Gasteiger charge is 2.34. The van der Waals surface area contributed by atoms with Crippen molar-refractivity contribution in [3.8, 4) is 0 Å². The number of carboxylic acids is 1. The molecule has 0 heterocycles. The summed E-state index contributed by atoms with van der Waals surface area (Å²) in [4.78, 5) is 116. The zero-order valence-corrected chi connectivity index (χ0v) is 30.3. The maximum atomic E-state index is 13.3. The summed E-state index contributed by atoms with van der Waals surface area (Å²) in [5, 5.41) is 41.8. The van der Waals surface area contributed by atoms with E-state index < -0.39 is 134 Å². The van der Waals surface area contributed by atoms with E-state index in [1.807, 2.05) is 0 Å². The first-order valence-corrected chi connectivity index (χ1v) is 16.8. The Hall–Kier alpha value is -5.62. The van der Waals surface area contributed by atoms with Crippen LogP contribution in [-0.2, 0) is 43.2 Å². The highest BCUT2D eigenvalue weighted by molar-refractivity contribution is 5.98. The number of aliphatic hydroxyl groups excluding tert-OH is 2. The second kappa shape index (κ2) is 24.6. The molecule has 24 nitrogen and oxygen atoms in total. The maximum absolute atomic E-state index is 13.3. The molecule has 0 aromatic rings. The first-order chi connectivity index (χ1) is 25.2. The quantitative estimate of drug-likeness (QED) is 0.0220. The minimum Gasteiger partial charge on any atom is -0.480 e. The van der Waals surface area contributed by atoms with Crippen LogP contribution in [0.2, 0.25) is 0 Å². The van der Waals surface area contributed by atoms with Gasteiger partial charge in [0.25, 0.3) is 0 Å². The van der Waals surface area contributed by atoms with Crippen LogP contribution in [0.5, 0.6) is 0 Å². The van der Waals surface area contributed by atoms with Crippen LogP contribution in [-0.4, -0.2) is 137 Å². The largest absolute Gasteiger partial charge is 0.480 e. The van der Waals surface area contributed by atoms with Gasteiger partial charge in [-0.1, -0.05) is 20.3 Å². The third-order valence-corrected chi connectivity index (χ3v) is 7.81. The Morgan fingerprint density at radius 1 is 0.630 bits per heavy atom. The van der Waals surface area contributed by atoms with Gasteiger partial charge in [0.2, 0.25) is 47.3 Å². The molecule has 306 valence electrons. The highest BCUT2D eigenvalue weighted by atomic mass is 16.4. The number of hydrogen-bond donors (Lipinski definition) is 14. The molecule has 8 atom stereocenters. The molecule has 24 heteroatoms. The molecule has 0 fully saturated rings. The fourth-order valence-corrected chi connectivity index (χ4v) is 4.44. The number of nitrogens with zero attached hydrogens (tertiary/aromatic N) is 1. The van der Waals surface area contributed by atoms with Gasteiger partial charge in [0.05, 0.1) is 25.7 Å². The summed E-state index contributed by atoms with van der Waals surface area (Å²) in [6.45, 7) is 2.68. The topological polar surface area (TPSA) is 429 Å². The fraction of sp³-hybridized carbons (Fsp3) is 0.667. The first-order valence-electron chi connectivity index (χ1n) is 16.8. The summed E-state index contributed by atoms with van der Waals surface area (Å²) < 4.78 is 0. The van der Waals surface area contributed by atoms with Crippen molar-refractivity contribution in [3.63, 3.8) is 0 Å². The Morgan fingerprint density at radius 2 is 1.15 bits per heavy atom. The molecule has 0 aliphatic carbocycles. The predicted molar refractivity (Wildman–Crippen MR) is 189 cm³/mol. The van der Waals surface area contributed by atoms with E-state index in [4.69, 9.17) is 33.8 Å². The molecule has 0 aliphatic heterocycles. The number of nitrogens with two attached hydrogens (primary N) is 5. The lowest BCUT2D eigenvalue weighted by Crippen LogP contribution is -2.61. The van der Waals surface area contributed by atoms with E-state index in [0.29, 0.717) is 12.8 Å². The number of aliphatic hydroxyl groups is 2. The van der Waals surface area contributed by atoms with E-state index in [9.17, 15) is 53.4 Å². The standard InChI is InChI=1S/C30H54N12O12/c1-4-13(2)22(28(52)41-19(12-44)29(53)54)42-27(51)18(11-43)40-25(49)16(7-8-20(32)45)38-26(50)17(10-21(33)46)39-23(47)14(3)37-24(48)15(31)6-5-9-36-30(34)35/h13-19,22,43-44H,4-12,31H2,1-3H3,(H2,32,45)(H2,33,46)(H,37,48)(H,38,50)(H,39,47)(H,40,49)(H,41,52)(H,42,51)(H,53,54)(H4,34,35,36)/t13-,14-,15-,16-,17-,18-,19-,22-/m0/s1. The number of aliphatic imine (C=N–C) groups is 1. The second-order valence-corrected chi connectivity index (χ2v) is 12.3. The van der Waals surface area contributed by atoms with Gasteiger partial charge in [0.15, 0.2) is 5.96 Å². The highest BCUT2D eigenvalue weighted by Crippen LogP contribution is 2.10. The fourth-order valence-electron chi connectivity index (χ4n) is 4.44. The van der Waals surface area contributed by atoms with Gasteiger partial charge < -0.3 is 75.9 Å². The molecule has 0 spiro atoms. The molecule has 0 aromatic carbocycles. The minimum atomic E-state index is -1.76. The number of primary amides is 2. The van der Waals surface area contributed by atoms with Crippen LogP contribution in [0.25, 0.3) is 0 Å². The lowest BCUT2D eigenvalue weighted by Gasteiger charge is -2.28. The summed E-state index contributed by atoms with van der Waals surface area (Å²) in [6, 6.07) is -10.6. The molecule has 0 bridgehead atoms. The van der Waals surface area contributed by atoms with Crippen molar-refractivity contribution in [1.82, 2.24) is 31.9 Å². The van der Waals surface area contributed by atoms with E-state index in [2.05, 4.69) is 36.9 Å². The Labute approximate surface area is 310 Å². The van der Waals surface area contributed by atoms with E-state index >= 15 is 0 Å². The van der Waals surface area contributed by atoms with Gasteiger partial charge in [-0.3, -0.25) is 43.3 Å². The number of guanidine groups is 1. The number of carbonyl (C=O) groups excluding carboxylic acids is 8. The van der Waals surface area contributed by atoms with Crippen molar-refractivity contribution in [2.45, 2.75) is 102 Å². The summed E-state index contributed by atoms with van der Waals surface area (Å²) in [5.41, 5.74) is 26.8. The molecule has 0 aromatic heterocycles. The summed E-state index contributed by atoms with van der Waals surface area (Å²) in [5.74, 6) is -10.3. The number of hydrogen-bond acceptors (Lipinski definition) is 13. The SMILES string of the molecule is CC[C@H](C)[C@H](NC(=O)[C@H](CO)NC(=O)[C@H](CCC(N)=O)NC(=O)[C@H](CC(N)=O)NC(=O)[C@H](C)NC(=O)[C@@H](N)CCCN=C(N)N)C(=O)N[C@@H](CO)C(=O)O. The van der Waals surface area contributed by atoms with Gasteiger partial charge >= 0.3 is 5.97 Å². The van der Waals surface area contributed by atoms with Crippen LogP contribution in [0, 0.1) is 5.92 Å². The number of carboxylic acid groups (broad SMARTS) is 1. The molecule has 8 amide bonds. The maximum Gasteiger partial charge on any atom is 0.328 e. The van der Waals surface area contributed by atoms with Crippen molar-refractivity contribution >= 4 is 59.2 Å². The monoisotopic (exact) mass is 774 g/mol. The molecule has 19 N–H and O–H groups in total. The molecule has 0 radical (unpaired) electrons. The smallest absolute Gasteiger partial charge is 0.328 e. The Morgan fingerprint density at radius 3 is 1.65 bits per heavy atom. The van der Waals surface area contributed by atoms with Gasteiger partial charge in [0, 0.05) is 13.0 Å². The second-order valence-electron chi connectivity index (χ2n) is 12.3. The molecule has 0 rings (SSSR count). The molecule has 54 heavy (non-hydrogen) atoms. The van der Waals surface area contributed by atoms with E-state index in [1.54, 1.807) is 13.8 Å². The van der Waals surface area contributed by atoms with Crippen LogP contribution in [0.4, 0.5) is 0 Å². The van der Waals surface area contributed by atoms with Crippen molar-refractivity contribution in [2.24, 2.45) is 39.6 Å². The van der Waals surface area contributed by atoms with Gasteiger partial charge in [-0.05, 0) is 32.1 Å². The van der Waals surface area contributed by atoms with Crippen LogP contribution in [0.1, 0.15) is 59.3 Å². The van der Waals surface area contributed by atoms with Crippen LogP contribution in [0.3, 0.4) is 0 Å². The predicted octanol–water partition coefficient (Wildman–Crippen LogP) is -7.45. The zero-order valence-electron chi connectivity index (χ0n) is 30.3. The van der Waals surface area contributed by atoms with Crippen molar-refractivity contribution in [3.05, 3.63) is 0 Å². The Kier molecular flexibility index (Phi) is 22.0. The lowest BCUT2D eigenvalue weighted by molar-refractivity contribution is -0.143. The average Bonchev–Trinajstić information content (AvgIpc) is 3.09. The van der Waals surface area contributed by atoms with Crippen LogP contribution >= 0.6 is 0 Å². The molecule has 0 saturated heterocycles. The number of nitrogens with one attached hydrogen (secondary N) is 6. The normalized spacial score (nSPS) is 15.2. The summed E-state index contributed by atoms with van der Waals surface area (Å²) in [7, 11) is 0. The third kappa shape index (κ3) is 18.2. The molecule has 0 aliphatic rings. The lowest BCUT2D eigenvalue weighted by atomic mass is 9.97. The van der Waals surface area contributed by atoms with E-state index in [0.717, 1.165) is 0 Å². The summed E-state index contributed by atoms with van der Waals surface area (Å²) in [6.07, 6.45) is -0.931. The van der Waals surface area contributed by atoms with Gasteiger partial charge in [-0.2, -0.15) is 0 Å². The van der Waals surface area contributed by atoms with Gasteiger partial charge in [-0.15, -0.1) is 0 Å². The molecule has 0 saturated carbocycles. The Balaban J connectivity index is 5.92. The van der Waals surface area contributed by atoms with E-state index in [-0.39, 0.29) is 18.9 Å². The zero-order chi connectivity index (χ0) is 41.7. The van der Waals surface area contributed by atoms with Crippen molar-refractivity contribution in [1.29, 1.82) is 0 Å². The molecular weight excluding hydrogens is 720 g/mol. The Bertz CT molecular complexity index is 1380. The number of carbonyl (C=O) groups is 9. The van der Waals surface area contributed by atoms with Crippen molar-refractivity contribution < 1.29 is 58.5 Å².